The number of benzene rings is 1. The topological polar surface area (TPSA) is 64.4 Å². The van der Waals surface area contributed by atoms with Gasteiger partial charge in [-0.3, -0.25) is 9.48 Å². The zero-order valence-electron chi connectivity index (χ0n) is 10.7. The predicted octanol–water partition coefficient (Wildman–Crippen LogP) is 2.42. The summed E-state index contributed by atoms with van der Waals surface area (Å²) in [5.74, 6) is -0.121. The number of aromatic nitrogens is 2. The standard InChI is InChI=1S/C14H16N2O3/c1-2-7-19-13-6-4-3-5-12(13)11-8-15-16(9-11)10-14(17)18/h3-6,8-9H,2,7,10H2,1H3,(H,17,18). The van der Waals surface area contributed by atoms with Gasteiger partial charge < -0.3 is 9.84 Å². The van der Waals surface area contributed by atoms with Gasteiger partial charge in [-0.05, 0) is 12.5 Å². The maximum absolute atomic E-state index is 10.6. The van der Waals surface area contributed by atoms with Gasteiger partial charge >= 0.3 is 5.97 Å². The molecule has 1 N–H and O–H groups in total. The Morgan fingerprint density at radius 1 is 1.42 bits per heavy atom. The average Bonchev–Trinajstić information content (AvgIpc) is 2.84. The Kier molecular flexibility index (Phi) is 4.18. The number of para-hydroxylation sites is 1. The molecule has 2 aromatic rings. The molecule has 0 atom stereocenters. The lowest BCUT2D eigenvalue weighted by atomic mass is 10.1. The lowest BCUT2D eigenvalue weighted by Gasteiger charge is -2.09. The van der Waals surface area contributed by atoms with E-state index in [0.29, 0.717) is 6.61 Å². The summed E-state index contributed by atoms with van der Waals surface area (Å²) in [6, 6.07) is 7.67. The van der Waals surface area contributed by atoms with Gasteiger partial charge in [0.05, 0.1) is 12.8 Å². The average molecular weight is 260 g/mol. The van der Waals surface area contributed by atoms with Gasteiger partial charge in [-0.2, -0.15) is 5.10 Å². The summed E-state index contributed by atoms with van der Waals surface area (Å²) in [4.78, 5) is 10.6. The molecule has 5 heteroatoms. The SMILES string of the molecule is CCCOc1ccccc1-c1cnn(CC(=O)O)c1. The third kappa shape index (κ3) is 3.34. The highest BCUT2D eigenvalue weighted by Gasteiger charge is 2.09. The minimum Gasteiger partial charge on any atom is -0.493 e. The van der Waals surface area contributed by atoms with E-state index in [4.69, 9.17) is 9.84 Å². The number of carboxylic acids is 1. The van der Waals surface area contributed by atoms with Crippen molar-refractivity contribution in [3.63, 3.8) is 0 Å². The monoisotopic (exact) mass is 260 g/mol. The molecule has 2 rings (SSSR count). The predicted molar refractivity (Wildman–Crippen MR) is 71.1 cm³/mol. The Labute approximate surface area is 111 Å². The van der Waals surface area contributed by atoms with Gasteiger partial charge in [0.25, 0.3) is 0 Å². The highest BCUT2D eigenvalue weighted by molar-refractivity contribution is 5.70. The van der Waals surface area contributed by atoms with E-state index in [1.54, 1.807) is 12.4 Å². The third-order valence-electron chi connectivity index (χ3n) is 2.59. The van der Waals surface area contributed by atoms with Gasteiger partial charge in [0.1, 0.15) is 12.3 Å². The zero-order chi connectivity index (χ0) is 13.7. The van der Waals surface area contributed by atoms with E-state index in [1.807, 2.05) is 31.2 Å². The van der Waals surface area contributed by atoms with Gasteiger partial charge in [-0.1, -0.05) is 25.1 Å². The molecule has 0 spiro atoms. The maximum Gasteiger partial charge on any atom is 0.325 e. The first-order valence-corrected chi connectivity index (χ1v) is 6.17. The summed E-state index contributed by atoms with van der Waals surface area (Å²) in [6.07, 6.45) is 4.30. The summed E-state index contributed by atoms with van der Waals surface area (Å²) in [6.45, 7) is 2.56. The van der Waals surface area contributed by atoms with Crippen molar-refractivity contribution in [1.82, 2.24) is 9.78 Å². The van der Waals surface area contributed by atoms with E-state index in [-0.39, 0.29) is 6.54 Å². The Balaban J connectivity index is 2.25. The number of ether oxygens (including phenoxy) is 1. The van der Waals surface area contributed by atoms with Crippen LogP contribution >= 0.6 is 0 Å². The largest absolute Gasteiger partial charge is 0.493 e. The fourth-order valence-electron chi connectivity index (χ4n) is 1.77. The quantitative estimate of drug-likeness (QED) is 0.866. The Morgan fingerprint density at radius 2 is 2.21 bits per heavy atom. The molecule has 0 unspecified atom stereocenters. The molecule has 0 saturated heterocycles. The van der Waals surface area contributed by atoms with Crippen molar-refractivity contribution in [2.75, 3.05) is 6.61 Å². The number of aliphatic carboxylic acids is 1. The summed E-state index contributed by atoms with van der Waals surface area (Å²) in [7, 11) is 0. The molecule has 100 valence electrons. The number of carbonyl (C=O) groups is 1. The molecule has 0 aliphatic heterocycles. The molecule has 0 radical (unpaired) electrons. The van der Waals surface area contributed by atoms with Crippen LogP contribution in [0, 0.1) is 0 Å². The molecule has 0 bridgehead atoms. The van der Waals surface area contributed by atoms with Crippen LogP contribution in [0.15, 0.2) is 36.7 Å². The van der Waals surface area contributed by atoms with Crippen LogP contribution in [-0.2, 0) is 11.3 Å². The van der Waals surface area contributed by atoms with Crippen LogP contribution in [0.2, 0.25) is 0 Å². The van der Waals surface area contributed by atoms with Crippen LogP contribution in [-0.4, -0.2) is 27.5 Å². The van der Waals surface area contributed by atoms with Gasteiger partial charge in [0.15, 0.2) is 0 Å². The molecule has 0 fully saturated rings. The van der Waals surface area contributed by atoms with E-state index >= 15 is 0 Å². The normalized spacial score (nSPS) is 10.4. The second-order valence-corrected chi connectivity index (χ2v) is 4.16. The molecule has 0 aliphatic rings. The number of rotatable bonds is 6. The second-order valence-electron chi connectivity index (χ2n) is 4.16. The van der Waals surface area contributed by atoms with Gasteiger partial charge in [0.2, 0.25) is 0 Å². The zero-order valence-corrected chi connectivity index (χ0v) is 10.7. The number of carboxylic acid groups (broad SMARTS) is 1. The summed E-state index contributed by atoms with van der Waals surface area (Å²) in [5, 5.41) is 12.8. The molecule has 0 amide bonds. The Bertz CT molecular complexity index is 563. The van der Waals surface area contributed by atoms with Crippen molar-refractivity contribution in [2.24, 2.45) is 0 Å². The molecule has 1 aromatic carbocycles. The van der Waals surface area contributed by atoms with Crippen molar-refractivity contribution in [3.8, 4) is 16.9 Å². The Morgan fingerprint density at radius 3 is 2.95 bits per heavy atom. The van der Waals surface area contributed by atoms with Crippen molar-refractivity contribution in [2.45, 2.75) is 19.9 Å². The minimum absolute atomic E-state index is 0.141. The lowest BCUT2D eigenvalue weighted by molar-refractivity contribution is -0.137. The van der Waals surface area contributed by atoms with Crippen LogP contribution in [0.4, 0.5) is 0 Å². The highest BCUT2D eigenvalue weighted by Crippen LogP contribution is 2.29. The first-order chi connectivity index (χ1) is 9.20. The molecular formula is C14H16N2O3. The van der Waals surface area contributed by atoms with Crippen LogP contribution in [0.1, 0.15) is 13.3 Å². The Hall–Kier alpha value is -2.30. The van der Waals surface area contributed by atoms with E-state index in [0.717, 1.165) is 23.3 Å². The molecule has 0 saturated carbocycles. The highest BCUT2D eigenvalue weighted by atomic mass is 16.5. The minimum atomic E-state index is -0.912. The second kappa shape index (κ2) is 6.04. The smallest absolute Gasteiger partial charge is 0.325 e. The molecule has 0 aliphatic carbocycles. The first-order valence-electron chi connectivity index (χ1n) is 6.17. The van der Waals surface area contributed by atoms with Gasteiger partial charge in [0, 0.05) is 17.3 Å². The number of nitrogens with zero attached hydrogens (tertiary/aromatic N) is 2. The fraction of sp³-hybridized carbons (Fsp3) is 0.286. The maximum atomic E-state index is 10.6. The summed E-state index contributed by atoms with van der Waals surface area (Å²) < 4.78 is 7.07. The van der Waals surface area contributed by atoms with Gasteiger partial charge in [-0.25, -0.2) is 0 Å². The number of hydrogen-bond donors (Lipinski definition) is 1. The van der Waals surface area contributed by atoms with E-state index in [1.165, 1.54) is 4.68 Å². The van der Waals surface area contributed by atoms with Crippen LogP contribution in [0.25, 0.3) is 11.1 Å². The molecule has 19 heavy (non-hydrogen) atoms. The third-order valence-corrected chi connectivity index (χ3v) is 2.59. The van der Waals surface area contributed by atoms with Crippen LogP contribution in [0.5, 0.6) is 5.75 Å². The van der Waals surface area contributed by atoms with Crippen LogP contribution < -0.4 is 4.74 Å². The van der Waals surface area contributed by atoms with Crippen molar-refractivity contribution >= 4 is 5.97 Å². The van der Waals surface area contributed by atoms with E-state index in [2.05, 4.69) is 5.10 Å². The summed E-state index contributed by atoms with van der Waals surface area (Å²) in [5.41, 5.74) is 1.78. The fourth-order valence-corrected chi connectivity index (χ4v) is 1.77. The molecule has 1 heterocycles. The molecule has 1 aromatic heterocycles. The van der Waals surface area contributed by atoms with Crippen molar-refractivity contribution < 1.29 is 14.6 Å². The van der Waals surface area contributed by atoms with Crippen LogP contribution in [0.3, 0.4) is 0 Å². The molecule has 5 nitrogen and oxygen atoms in total. The lowest BCUT2D eigenvalue weighted by Crippen LogP contribution is -2.08. The van der Waals surface area contributed by atoms with Crippen molar-refractivity contribution in [1.29, 1.82) is 0 Å². The molecular weight excluding hydrogens is 244 g/mol. The van der Waals surface area contributed by atoms with E-state index in [9.17, 15) is 4.79 Å². The van der Waals surface area contributed by atoms with Gasteiger partial charge in [-0.15, -0.1) is 0 Å². The summed E-state index contributed by atoms with van der Waals surface area (Å²) >= 11 is 0. The first kappa shape index (κ1) is 13.1. The number of hydrogen-bond acceptors (Lipinski definition) is 3. The van der Waals surface area contributed by atoms with E-state index < -0.39 is 5.97 Å². The van der Waals surface area contributed by atoms with Crippen molar-refractivity contribution in [3.05, 3.63) is 36.7 Å².